The van der Waals surface area contributed by atoms with Crippen LogP contribution >= 0.6 is 0 Å². The van der Waals surface area contributed by atoms with Crippen molar-refractivity contribution >= 4 is 0 Å². The fraction of sp³-hybridized carbons (Fsp3) is 0.571. The Kier molecular flexibility index (Phi) is 1.93. The Labute approximate surface area is 91.7 Å². The lowest BCUT2D eigenvalue weighted by Crippen LogP contribution is -2.43. The predicted molar refractivity (Wildman–Crippen MR) is 62.9 cm³/mol. The molecule has 0 aromatic heterocycles. The molecule has 0 spiro atoms. The minimum Gasteiger partial charge on any atom is -0.321 e. The van der Waals surface area contributed by atoms with Crippen LogP contribution in [0, 0.1) is 0 Å². The quantitative estimate of drug-likeness (QED) is 0.742. The second kappa shape index (κ2) is 3.08. The van der Waals surface area contributed by atoms with E-state index in [1.54, 1.807) is 11.1 Å². The summed E-state index contributed by atoms with van der Waals surface area (Å²) in [5, 5.41) is 0. The highest BCUT2D eigenvalue weighted by Crippen LogP contribution is 2.41. The number of benzene rings is 1. The molecule has 2 N–H and O–H groups in total. The predicted octanol–water partition coefficient (Wildman–Crippen LogP) is 3.07. The van der Waals surface area contributed by atoms with Crippen LogP contribution in [-0.2, 0) is 12.0 Å². The fourth-order valence-electron chi connectivity index (χ4n) is 2.96. The maximum Gasteiger partial charge on any atom is 0.0409 e. The van der Waals surface area contributed by atoms with Gasteiger partial charge in [0.05, 0.1) is 0 Å². The van der Waals surface area contributed by atoms with Crippen LogP contribution in [0.1, 0.15) is 55.2 Å². The van der Waals surface area contributed by atoms with E-state index < -0.39 is 0 Å². The monoisotopic (exact) mass is 201 g/mol. The maximum absolute atomic E-state index is 6.36. The molecule has 1 aromatic carbocycles. The van der Waals surface area contributed by atoms with E-state index in [1.165, 1.54) is 37.7 Å². The first-order valence-electron chi connectivity index (χ1n) is 6.11. The van der Waals surface area contributed by atoms with E-state index in [9.17, 15) is 0 Å². The lowest BCUT2D eigenvalue weighted by molar-refractivity contribution is 0.253. The van der Waals surface area contributed by atoms with Gasteiger partial charge in [0.25, 0.3) is 0 Å². The van der Waals surface area contributed by atoms with Crippen LogP contribution in [0.2, 0.25) is 0 Å². The average molecular weight is 201 g/mol. The minimum absolute atomic E-state index is 0.0112. The maximum atomic E-state index is 6.36. The Morgan fingerprint density at radius 3 is 2.80 bits per heavy atom. The van der Waals surface area contributed by atoms with Crippen LogP contribution < -0.4 is 5.73 Å². The molecule has 1 nitrogen and oxygen atoms in total. The first-order chi connectivity index (χ1) is 7.19. The smallest absolute Gasteiger partial charge is 0.0409 e. The molecule has 0 radical (unpaired) electrons. The van der Waals surface area contributed by atoms with Gasteiger partial charge in [-0.1, -0.05) is 25.1 Å². The second-order valence-electron chi connectivity index (χ2n) is 5.36. The number of fused-ring (bicyclic) bond motifs is 1. The molecule has 1 aromatic rings. The SMILES string of the molecule is CC1CCc2ccc(C3(N)CCC3)cc21. The van der Waals surface area contributed by atoms with Crippen LogP contribution in [-0.4, -0.2) is 0 Å². The molecular weight excluding hydrogens is 182 g/mol. The third-order valence-corrected chi connectivity index (χ3v) is 4.34. The van der Waals surface area contributed by atoms with Crippen molar-refractivity contribution in [1.29, 1.82) is 0 Å². The lowest BCUT2D eigenvalue weighted by Gasteiger charge is -2.39. The molecule has 0 heterocycles. The Balaban J connectivity index is 2.01. The second-order valence-corrected chi connectivity index (χ2v) is 5.36. The van der Waals surface area contributed by atoms with Crippen molar-refractivity contribution in [2.24, 2.45) is 5.73 Å². The first kappa shape index (κ1) is 9.41. The van der Waals surface area contributed by atoms with Crippen LogP contribution in [0.5, 0.6) is 0 Å². The van der Waals surface area contributed by atoms with Crippen molar-refractivity contribution in [1.82, 2.24) is 0 Å². The normalized spacial score (nSPS) is 27.2. The summed E-state index contributed by atoms with van der Waals surface area (Å²) >= 11 is 0. The van der Waals surface area contributed by atoms with Crippen molar-refractivity contribution in [3.05, 3.63) is 34.9 Å². The molecule has 0 bridgehead atoms. The molecule has 1 heteroatoms. The van der Waals surface area contributed by atoms with Gasteiger partial charge in [0, 0.05) is 5.54 Å². The molecule has 1 unspecified atom stereocenters. The van der Waals surface area contributed by atoms with Crippen LogP contribution in [0.3, 0.4) is 0 Å². The van der Waals surface area contributed by atoms with Crippen molar-refractivity contribution in [3.8, 4) is 0 Å². The van der Waals surface area contributed by atoms with Gasteiger partial charge in [0.15, 0.2) is 0 Å². The van der Waals surface area contributed by atoms with Crippen LogP contribution in [0.4, 0.5) is 0 Å². The summed E-state index contributed by atoms with van der Waals surface area (Å²) in [4.78, 5) is 0. The highest BCUT2D eigenvalue weighted by molar-refractivity contribution is 5.41. The van der Waals surface area contributed by atoms with E-state index in [0.717, 1.165) is 5.92 Å². The van der Waals surface area contributed by atoms with E-state index in [4.69, 9.17) is 5.73 Å². The van der Waals surface area contributed by atoms with Crippen molar-refractivity contribution in [3.63, 3.8) is 0 Å². The molecule has 2 aliphatic carbocycles. The molecule has 0 saturated heterocycles. The summed E-state index contributed by atoms with van der Waals surface area (Å²) in [5.74, 6) is 0.739. The Hall–Kier alpha value is -0.820. The minimum atomic E-state index is 0.0112. The summed E-state index contributed by atoms with van der Waals surface area (Å²) in [6.07, 6.45) is 6.20. The van der Waals surface area contributed by atoms with E-state index in [0.29, 0.717) is 0 Å². The Bertz CT molecular complexity index is 390. The molecule has 1 fully saturated rings. The molecular formula is C14H19N. The Morgan fingerprint density at radius 2 is 2.13 bits per heavy atom. The van der Waals surface area contributed by atoms with Crippen molar-refractivity contribution in [2.75, 3.05) is 0 Å². The van der Waals surface area contributed by atoms with Gasteiger partial charge in [0.1, 0.15) is 0 Å². The molecule has 80 valence electrons. The zero-order valence-electron chi connectivity index (χ0n) is 9.42. The van der Waals surface area contributed by atoms with Gasteiger partial charge in [0.2, 0.25) is 0 Å². The topological polar surface area (TPSA) is 26.0 Å². The Morgan fingerprint density at radius 1 is 1.33 bits per heavy atom. The number of nitrogens with two attached hydrogens (primary N) is 1. The van der Waals surface area contributed by atoms with Crippen molar-refractivity contribution in [2.45, 2.75) is 50.5 Å². The van der Waals surface area contributed by atoms with E-state index in [-0.39, 0.29) is 5.54 Å². The summed E-state index contributed by atoms with van der Waals surface area (Å²) in [7, 11) is 0. The molecule has 2 aliphatic rings. The fourth-order valence-corrected chi connectivity index (χ4v) is 2.96. The highest BCUT2D eigenvalue weighted by atomic mass is 14.8. The zero-order chi connectivity index (χ0) is 10.5. The molecule has 3 rings (SSSR count). The third-order valence-electron chi connectivity index (χ3n) is 4.34. The van der Waals surface area contributed by atoms with E-state index in [2.05, 4.69) is 25.1 Å². The summed E-state index contributed by atoms with van der Waals surface area (Å²) in [5.41, 5.74) is 10.9. The molecule has 15 heavy (non-hydrogen) atoms. The third kappa shape index (κ3) is 1.33. The number of hydrogen-bond donors (Lipinski definition) is 1. The summed E-state index contributed by atoms with van der Waals surface area (Å²) in [6.45, 7) is 2.33. The van der Waals surface area contributed by atoms with Gasteiger partial charge in [-0.05, 0) is 54.7 Å². The van der Waals surface area contributed by atoms with Crippen molar-refractivity contribution < 1.29 is 0 Å². The molecule has 1 saturated carbocycles. The van der Waals surface area contributed by atoms with Gasteiger partial charge >= 0.3 is 0 Å². The van der Waals surface area contributed by atoms with E-state index >= 15 is 0 Å². The van der Waals surface area contributed by atoms with Gasteiger partial charge in [-0.2, -0.15) is 0 Å². The van der Waals surface area contributed by atoms with Gasteiger partial charge in [-0.3, -0.25) is 0 Å². The van der Waals surface area contributed by atoms with Gasteiger partial charge < -0.3 is 5.73 Å². The highest BCUT2D eigenvalue weighted by Gasteiger charge is 2.35. The largest absolute Gasteiger partial charge is 0.321 e. The summed E-state index contributed by atoms with van der Waals surface area (Å²) in [6, 6.07) is 6.95. The number of hydrogen-bond acceptors (Lipinski definition) is 1. The first-order valence-corrected chi connectivity index (χ1v) is 6.11. The van der Waals surface area contributed by atoms with Gasteiger partial charge in [-0.15, -0.1) is 0 Å². The van der Waals surface area contributed by atoms with Crippen LogP contribution in [0.25, 0.3) is 0 Å². The molecule has 1 atom stereocenters. The van der Waals surface area contributed by atoms with E-state index in [1.807, 2.05) is 0 Å². The van der Waals surface area contributed by atoms with Gasteiger partial charge in [-0.25, -0.2) is 0 Å². The average Bonchev–Trinajstić information content (AvgIpc) is 2.57. The molecule has 0 amide bonds. The lowest BCUT2D eigenvalue weighted by atomic mass is 9.72. The molecule has 0 aliphatic heterocycles. The zero-order valence-corrected chi connectivity index (χ0v) is 9.42. The summed E-state index contributed by atoms with van der Waals surface area (Å²) < 4.78 is 0. The number of rotatable bonds is 1. The standard InChI is InChI=1S/C14H19N/c1-10-3-4-11-5-6-12(9-13(10)11)14(15)7-2-8-14/h5-6,9-10H,2-4,7-8,15H2,1H3. The van der Waals surface area contributed by atoms with Crippen LogP contribution in [0.15, 0.2) is 18.2 Å². The number of aryl methyl sites for hydroxylation is 1.